The number of nitrogens with one attached hydrogen (secondary N) is 1. The maximum Gasteiger partial charge on any atom is 0.244 e. The molecule has 3 aromatic carbocycles. The van der Waals surface area contributed by atoms with Crippen LogP contribution in [-0.4, -0.2) is 36.3 Å². The second-order valence-electron chi connectivity index (χ2n) is 7.26. The minimum atomic E-state index is -0.356. The van der Waals surface area contributed by atoms with Gasteiger partial charge in [0.25, 0.3) is 0 Å². The van der Waals surface area contributed by atoms with E-state index < -0.39 is 0 Å². The summed E-state index contributed by atoms with van der Waals surface area (Å²) >= 11 is 0. The SMILES string of the molecule is C[C@H](C(=O)N1CC(=O)Nc2ccccc21)N(C)Cc1ccc2ccccc2c1. The Labute approximate surface area is 164 Å². The van der Waals surface area contributed by atoms with Gasteiger partial charge in [0.2, 0.25) is 11.8 Å². The third kappa shape index (κ3) is 3.49. The molecule has 3 aromatic rings. The van der Waals surface area contributed by atoms with Crippen LogP contribution in [0, 0.1) is 0 Å². The van der Waals surface area contributed by atoms with E-state index in [0.717, 1.165) is 11.3 Å². The zero-order chi connectivity index (χ0) is 19.7. The Morgan fingerprint density at radius 3 is 2.61 bits per heavy atom. The molecule has 1 aliphatic rings. The summed E-state index contributed by atoms with van der Waals surface area (Å²) in [5.41, 5.74) is 2.58. The standard InChI is InChI=1S/C23H23N3O2/c1-16(23(28)26-15-22(27)24-20-9-5-6-10-21(20)26)25(2)14-17-11-12-18-7-3-4-8-19(18)13-17/h3-13,16H,14-15H2,1-2H3,(H,24,27)/t16-/m1/s1. The number of amides is 2. The molecule has 0 bridgehead atoms. The molecule has 0 saturated heterocycles. The van der Waals surface area contributed by atoms with Crippen LogP contribution in [0.15, 0.2) is 66.7 Å². The monoisotopic (exact) mass is 373 g/mol. The summed E-state index contributed by atoms with van der Waals surface area (Å²) < 4.78 is 0. The van der Waals surface area contributed by atoms with Crippen molar-refractivity contribution in [2.45, 2.75) is 19.5 Å². The molecule has 0 spiro atoms. The molecule has 5 nitrogen and oxygen atoms in total. The van der Waals surface area contributed by atoms with Crippen molar-refractivity contribution in [2.24, 2.45) is 0 Å². The van der Waals surface area contributed by atoms with Crippen molar-refractivity contribution < 1.29 is 9.59 Å². The summed E-state index contributed by atoms with van der Waals surface area (Å²) in [4.78, 5) is 28.8. The number of rotatable bonds is 4. The summed E-state index contributed by atoms with van der Waals surface area (Å²) in [6.45, 7) is 2.59. The fraction of sp³-hybridized carbons (Fsp3) is 0.217. The number of carbonyl (C=O) groups excluding carboxylic acids is 2. The van der Waals surface area contributed by atoms with Crippen LogP contribution in [0.1, 0.15) is 12.5 Å². The minimum Gasteiger partial charge on any atom is -0.323 e. The molecule has 4 rings (SSSR count). The van der Waals surface area contributed by atoms with Crippen molar-refractivity contribution in [2.75, 3.05) is 23.8 Å². The quantitative estimate of drug-likeness (QED) is 0.760. The Bertz CT molecular complexity index is 1050. The molecule has 2 amide bonds. The molecule has 142 valence electrons. The molecule has 0 radical (unpaired) electrons. The molecule has 1 atom stereocenters. The first-order valence-corrected chi connectivity index (χ1v) is 9.41. The van der Waals surface area contributed by atoms with Crippen LogP contribution in [0.5, 0.6) is 0 Å². The Morgan fingerprint density at radius 1 is 1.07 bits per heavy atom. The average Bonchev–Trinajstić information content (AvgIpc) is 2.71. The van der Waals surface area contributed by atoms with E-state index in [0.29, 0.717) is 12.2 Å². The van der Waals surface area contributed by atoms with Gasteiger partial charge in [-0.05, 0) is 48.5 Å². The molecule has 1 aliphatic heterocycles. The van der Waals surface area contributed by atoms with Gasteiger partial charge in [-0.2, -0.15) is 0 Å². The number of carbonyl (C=O) groups is 2. The lowest BCUT2D eigenvalue weighted by atomic mass is 10.1. The van der Waals surface area contributed by atoms with Crippen LogP contribution in [-0.2, 0) is 16.1 Å². The van der Waals surface area contributed by atoms with E-state index in [4.69, 9.17) is 0 Å². The van der Waals surface area contributed by atoms with Gasteiger partial charge in [0.1, 0.15) is 6.54 Å². The molecular weight excluding hydrogens is 350 g/mol. The highest BCUT2D eigenvalue weighted by molar-refractivity contribution is 6.11. The van der Waals surface area contributed by atoms with E-state index in [-0.39, 0.29) is 24.4 Å². The largest absolute Gasteiger partial charge is 0.323 e. The number of likely N-dealkylation sites (N-methyl/N-ethyl adjacent to an activating group) is 1. The highest BCUT2D eigenvalue weighted by Gasteiger charge is 2.31. The summed E-state index contributed by atoms with van der Waals surface area (Å²) in [5, 5.41) is 5.21. The van der Waals surface area contributed by atoms with Gasteiger partial charge in [0.15, 0.2) is 0 Å². The summed E-state index contributed by atoms with van der Waals surface area (Å²) in [7, 11) is 1.94. The van der Waals surface area contributed by atoms with Gasteiger partial charge in [-0.1, -0.05) is 48.5 Å². The first-order valence-electron chi connectivity index (χ1n) is 9.41. The third-order valence-corrected chi connectivity index (χ3v) is 5.30. The highest BCUT2D eigenvalue weighted by atomic mass is 16.2. The number of hydrogen-bond donors (Lipinski definition) is 1. The van der Waals surface area contributed by atoms with Crippen LogP contribution in [0.25, 0.3) is 10.8 Å². The molecule has 28 heavy (non-hydrogen) atoms. The van der Waals surface area contributed by atoms with Gasteiger partial charge < -0.3 is 5.32 Å². The van der Waals surface area contributed by atoms with E-state index in [1.54, 1.807) is 4.90 Å². The van der Waals surface area contributed by atoms with Gasteiger partial charge in [0, 0.05) is 6.54 Å². The third-order valence-electron chi connectivity index (χ3n) is 5.30. The number of anilines is 2. The smallest absolute Gasteiger partial charge is 0.244 e. The van der Waals surface area contributed by atoms with Gasteiger partial charge in [-0.3, -0.25) is 19.4 Å². The van der Waals surface area contributed by atoms with Crippen LogP contribution in [0.4, 0.5) is 11.4 Å². The van der Waals surface area contributed by atoms with Crippen molar-refractivity contribution in [3.8, 4) is 0 Å². The molecular formula is C23H23N3O2. The van der Waals surface area contributed by atoms with E-state index in [9.17, 15) is 9.59 Å². The lowest BCUT2D eigenvalue weighted by Crippen LogP contribution is -2.50. The fourth-order valence-corrected chi connectivity index (χ4v) is 3.61. The van der Waals surface area contributed by atoms with Crippen molar-refractivity contribution >= 4 is 34.0 Å². The Hall–Kier alpha value is -3.18. The topological polar surface area (TPSA) is 52.7 Å². The van der Waals surface area contributed by atoms with Crippen molar-refractivity contribution in [1.29, 1.82) is 0 Å². The molecule has 5 heteroatoms. The van der Waals surface area contributed by atoms with Crippen molar-refractivity contribution in [3.63, 3.8) is 0 Å². The zero-order valence-corrected chi connectivity index (χ0v) is 16.1. The van der Waals surface area contributed by atoms with Gasteiger partial charge >= 0.3 is 0 Å². The highest BCUT2D eigenvalue weighted by Crippen LogP contribution is 2.29. The molecule has 0 unspecified atom stereocenters. The van der Waals surface area contributed by atoms with E-state index in [1.807, 2.05) is 55.3 Å². The van der Waals surface area contributed by atoms with Crippen molar-refractivity contribution in [1.82, 2.24) is 4.90 Å². The van der Waals surface area contributed by atoms with E-state index >= 15 is 0 Å². The summed E-state index contributed by atoms with van der Waals surface area (Å²) in [6.07, 6.45) is 0. The number of fused-ring (bicyclic) bond motifs is 2. The fourth-order valence-electron chi connectivity index (χ4n) is 3.61. The Morgan fingerprint density at radius 2 is 1.79 bits per heavy atom. The van der Waals surface area contributed by atoms with Gasteiger partial charge in [0.05, 0.1) is 17.4 Å². The van der Waals surface area contributed by atoms with Crippen LogP contribution in [0.3, 0.4) is 0 Å². The molecule has 0 aromatic heterocycles. The molecule has 0 fully saturated rings. The minimum absolute atomic E-state index is 0.0456. The second kappa shape index (κ2) is 7.44. The number of nitrogens with zero attached hydrogens (tertiary/aromatic N) is 2. The second-order valence-corrected chi connectivity index (χ2v) is 7.26. The Kier molecular flexibility index (Phi) is 4.84. The average molecular weight is 373 g/mol. The molecule has 0 saturated carbocycles. The lowest BCUT2D eigenvalue weighted by Gasteiger charge is -2.33. The molecule has 1 N–H and O–H groups in total. The number of hydrogen-bond acceptors (Lipinski definition) is 3. The maximum absolute atomic E-state index is 13.2. The van der Waals surface area contributed by atoms with E-state index in [2.05, 4.69) is 35.6 Å². The number of para-hydroxylation sites is 2. The summed E-state index contributed by atoms with van der Waals surface area (Å²) in [6, 6.07) is 21.7. The molecule has 0 aliphatic carbocycles. The van der Waals surface area contributed by atoms with Crippen LogP contribution in [0.2, 0.25) is 0 Å². The predicted octanol–water partition coefficient (Wildman–Crippen LogP) is 3.65. The first kappa shape index (κ1) is 18.2. The molecule has 1 heterocycles. The lowest BCUT2D eigenvalue weighted by molar-refractivity contribution is -0.125. The number of benzene rings is 3. The predicted molar refractivity (Wildman–Crippen MR) is 112 cm³/mol. The first-order chi connectivity index (χ1) is 13.5. The van der Waals surface area contributed by atoms with Crippen LogP contribution < -0.4 is 10.2 Å². The Balaban J connectivity index is 1.52. The van der Waals surface area contributed by atoms with Crippen LogP contribution >= 0.6 is 0 Å². The van der Waals surface area contributed by atoms with Gasteiger partial charge in [-0.25, -0.2) is 0 Å². The van der Waals surface area contributed by atoms with E-state index in [1.165, 1.54) is 10.8 Å². The normalized spacial score (nSPS) is 14.7. The van der Waals surface area contributed by atoms with Gasteiger partial charge in [-0.15, -0.1) is 0 Å². The van der Waals surface area contributed by atoms with Crippen molar-refractivity contribution in [3.05, 3.63) is 72.3 Å². The zero-order valence-electron chi connectivity index (χ0n) is 16.1. The summed E-state index contributed by atoms with van der Waals surface area (Å²) in [5.74, 6) is -0.248. The maximum atomic E-state index is 13.2.